The highest BCUT2D eigenvalue weighted by molar-refractivity contribution is 5.98. The third-order valence-corrected chi connectivity index (χ3v) is 7.43. The number of carbonyl (C=O) groups is 3. The quantitative estimate of drug-likeness (QED) is 0.639. The summed E-state index contributed by atoms with van der Waals surface area (Å²) in [4.78, 5) is 39.9. The first-order chi connectivity index (χ1) is 12.8. The van der Waals surface area contributed by atoms with Crippen LogP contribution in [0.25, 0.3) is 0 Å². The molecule has 0 N–H and O–H groups in total. The van der Waals surface area contributed by atoms with Crippen LogP contribution in [0.2, 0.25) is 0 Å². The fraction of sp³-hybridized carbons (Fsp3) is 0.842. The third-order valence-electron chi connectivity index (χ3n) is 7.43. The fourth-order valence-corrected chi connectivity index (χ4v) is 5.71. The van der Waals surface area contributed by atoms with Gasteiger partial charge in [-0.05, 0) is 37.5 Å². The Balaban J connectivity index is 1.79. The van der Waals surface area contributed by atoms with E-state index in [0.717, 1.165) is 17.7 Å². The second-order valence-electron chi connectivity index (χ2n) is 8.63. The van der Waals surface area contributed by atoms with Crippen molar-refractivity contribution in [1.29, 1.82) is 0 Å². The van der Waals surface area contributed by atoms with Crippen LogP contribution >= 0.6 is 0 Å². The van der Waals surface area contributed by atoms with E-state index in [1.165, 1.54) is 7.11 Å². The number of fused-ring (bicyclic) bond motifs is 3. The van der Waals surface area contributed by atoms with E-state index < -0.39 is 35.7 Å². The Labute approximate surface area is 158 Å². The highest BCUT2D eigenvalue weighted by Gasteiger charge is 2.71. The zero-order valence-corrected chi connectivity index (χ0v) is 16.2. The number of hydrogen-bond acceptors (Lipinski definition) is 7. The van der Waals surface area contributed by atoms with Crippen LogP contribution in [0, 0.1) is 22.7 Å². The Morgan fingerprint density at radius 3 is 2.59 bits per heavy atom. The molecule has 6 atom stereocenters. The van der Waals surface area contributed by atoms with E-state index in [1.807, 2.05) is 0 Å². The maximum Gasteiger partial charge on any atom is 0.419 e. The van der Waals surface area contributed by atoms with Crippen molar-refractivity contribution in [3.05, 3.63) is 0 Å². The van der Waals surface area contributed by atoms with Crippen molar-refractivity contribution in [2.45, 2.75) is 58.5 Å². The maximum absolute atomic E-state index is 13.8. The Morgan fingerprint density at radius 2 is 1.93 bits per heavy atom. The van der Waals surface area contributed by atoms with Gasteiger partial charge in [0.2, 0.25) is 5.91 Å². The van der Waals surface area contributed by atoms with Gasteiger partial charge >= 0.3 is 12.1 Å². The number of esters is 1. The van der Waals surface area contributed by atoms with Crippen LogP contribution in [0.15, 0.2) is 0 Å². The minimum absolute atomic E-state index is 0.108. The summed E-state index contributed by atoms with van der Waals surface area (Å²) in [5.74, 6) is -1.22. The van der Waals surface area contributed by atoms with Crippen LogP contribution in [0.5, 0.6) is 0 Å². The molecule has 27 heavy (non-hydrogen) atoms. The van der Waals surface area contributed by atoms with Crippen LogP contribution < -0.4 is 0 Å². The summed E-state index contributed by atoms with van der Waals surface area (Å²) >= 11 is 0. The van der Waals surface area contributed by atoms with Crippen molar-refractivity contribution in [2.75, 3.05) is 20.3 Å². The van der Waals surface area contributed by atoms with Gasteiger partial charge in [-0.25, -0.2) is 9.69 Å². The lowest BCUT2D eigenvalue weighted by Gasteiger charge is -2.43. The molecule has 1 spiro atoms. The number of carbonyl (C=O) groups excluding carboxylic acids is 3. The number of cyclic esters (lactones) is 1. The number of ether oxygens (including phenoxy) is 4. The number of imide groups is 1. The molecule has 150 valence electrons. The number of rotatable bonds is 1. The second kappa shape index (κ2) is 6.17. The van der Waals surface area contributed by atoms with Crippen LogP contribution in [0.3, 0.4) is 0 Å². The molecule has 8 heteroatoms. The standard InChI is InChI=1S/C19H27NO7/c1-10-13-14(24-4)20(17(23)27-13)16(22)19-6-5-11(18(19,2)3)9-12(19)25-7-8-26-15(10)21/h10-14H,5-9H2,1-4H3/t10-,11+,12+,13-,14-,19-/m0/s1. The van der Waals surface area contributed by atoms with Crippen molar-refractivity contribution in [1.82, 2.24) is 4.90 Å². The number of nitrogens with zero attached hydrogens (tertiary/aromatic N) is 1. The molecule has 2 saturated heterocycles. The van der Waals surface area contributed by atoms with E-state index in [0.29, 0.717) is 12.3 Å². The molecule has 4 aliphatic rings. The molecule has 0 unspecified atom stereocenters. The average molecular weight is 381 g/mol. The van der Waals surface area contributed by atoms with Gasteiger partial charge in [-0.15, -0.1) is 0 Å². The normalized spacial score (nSPS) is 43.6. The van der Waals surface area contributed by atoms with Crippen molar-refractivity contribution in [3.63, 3.8) is 0 Å². The minimum atomic E-state index is -0.961. The van der Waals surface area contributed by atoms with E-state index in [1.54, 1.807) is 6.92 Å². The molecular formula is C19H27NO7. The SMILES string of the molecule is CO[C@H]1[C@H]2OC(=O)N1C(=O)[C@]13CC[C@H](C[C@H]1OCCOC(=O)[C@H]2C)C3(C)C. The van der Waals surface area contributed by atoms with Crippen LogP contribution in [-0.2, 0) is 28.5 Å². The lowest BCUT2D eigenvalue weighted by molar-refractivity contribution is -0.173. The predicted molar refractivity (Wildman–Crippen MR) is 91.3 cm³/mol. The third kappa shape index (κ3) is 2.32. The summed E-state index contributed by atoms with van der Waals surface area (Å²) in [7, 11) is 1.41. The molecular weight excluding hydrogens is 354 g/mol. The second-order valence-corrected chi connectivity index (χ2v) is 8.63. The summed E-state index contributed by atoms with van der Waals surface area (Å²) in [6.45, 7) is 6.12. The lowest BCUT2D eigenvalue weighted by atomic mass is 9.67. The van der Waals surface area contributed by atoms with Crippen LogP contribution in [-0.4, -0.2) is 61.6 Å². The summed E-state index contributed by atoms with van der Waals surface area (Å²) < 4.78 is 22.2. The van der Waals surface area contributed by atoms with Gasteiger partial charge in [0.25, 0.3) is 0 Å². The molecule has 0 aromatic carbocycles. The summed E-state index contributed by atoms with van der Waals surface area (Å²) in [6.07, 6.45) is -0.600. The van der Waals surface area contributed by atoms with Gasteiger partial charge in [-0.2, -0.15) is 0 Å². The summed E-state index contributed by atoms with van der Waals surface area (Å²) in [5.41, 5.74) is -1.12. The van der Waals surface area contributed by atoms with Crippen molar-refractivity contribution in [3.8, 4) is 0 Å². The van der Waals surface area contributed by atoms with Gasteiger partial charge in [0, 0.05) is 7.11 Å². The molecule has 2 heterocycles. The Kier molecular flexibility index (Phi) is 4.27. The maximum atomic E-state index is 13.8. The summed E-state index contributed by atoms with van der Waals surface area (Å²) in [5, 5.41) is 0. The van der Waals surface area contributed by atoms with Crippen LogP contribution in [0.1, 0.15) is 40.0 Å². The molecule has 2 aliphatic carbocycles. The first kappa shape index (κ1) is 18.7. The molecule has 0 aromatic heterocycles. The van der Waals surface area contributed by atoms with Gasteiger partial charge < -0.3 is 18.9 Å². The highest BCUT2D eigenvalue weighted by Crippen LogP contribution is 2.67. The van der Waals surface area contributed by atoms with Gasteiger partial charge in [0.15, 0.2) is 12.3 Å². The van der Waals surface area contributed by atoms with Crippen molar-refractivity contribution < 1.29 is 33.3 Å². The van der Waals surface area contributed by atoms with E-state index in [9.17, 15) is 14.4 Å². The Morgan fingerprint density at radius 1 is 1.19 bits per heavy atom. The monoisotopic (exact) mass is 381 g/mol. The molecule has 0 aromatic rings. The van der Waals surface area contributed by atoms with Crippen LogP contribution in [0.4, 0.5) is 4.79 Å². The van der Waals surface area contributed by atoms with Crippen molar-refractivity contribution in [2.24, 2.45) is 22.7 Å². The van der Waals surface area contributed by atoms with Gasteiger partial charge in [-0.3, -0.25) is 9.59 Å². The molecule has 4 rings (SSSR count). The van der Waals surface area contributed by atoms with E-state index in [2.05, 4.69) is 13.8 Å². The molecule has 8 nitrogen and oxygen atoms in total. The van der Waals surface area contributed by atoms with E-state index in [-0.39, 0.29) is 30.6 Å². The number of methoxy groups -OCH3 is 1. The van der Waals surface area contributed by atoms with Gasteiger partial charge in [0.05, 0.1) is 24.0 Å². The number of hydrogen-bond donors (Lipinski definition) is 0. The van der Waals surface area contributed by atoms with Gasteiger partial charge in [-0.1, -0.05) is 13.8 Å². The first-order valence-electron chi connectivity index (χ1n) is 9.61. The largest absolute Gasteiger partial charge is 0.463 e. The topological polar surface area (TPSA) is 91.4 Å². The lowest BCUT2D eigenvalue weighted by Crippen LogP contribution is -2.57. The molecule has 2 amide bonds. The van der Waals surface area contributed by atoms with E-state index >= 15 is 0 Å². The Hall–Kier alpha value is -1.67. The van der Waals surface area contributed by atoms with E-state index in [4.69, 9.17) is 18.9 Å². The average Bonchev–Trinajstić information content (AvgIpc) is 3.18. The molecule has 2 saturated carbocycles. The van der Waals surface area contributed by atoms with Crippen molar-refractivity contribution >= 4 is 18.0 Å². The molecule has 0 radical (unpaired) electrons. The number of amides is 2. The van der Waals surface area contributed by atoms with Gasteiger partial charge in [0.1, 0.15) is 6.61 Å². The summed E-state index contributed by atoms with van der Waals surface area (Å²) in [6, 6.07) is 0. The zero-order chi connectivity index (χ0) is 19.6. The molecule has 4 bridgehead atoms. The fourth-order valence-electron chi connectivity index (χ4n) is 5.71. The zero-order valence-electron chi connectivity index (χ0n) is 16.2. The predicted octanol–water partition coefficient (Wildman–Crippen LogP) is 1.71. The highest BCUT2D eigenvalue weighted by atomic mass is 16.6. The first-order valence-corrected chi connectivity index (χ1v) is 9.61. The Bertz CT molecular complexity index is 677. The smallest absolute Gasteiger partial charge is 0.419 e. The minimum Gasteiger partial charge on any atom is -0.463 e. The molecule has 4 fully saturated rings. The molecule has 2 aliphatic heterocycles.